The number of alkyl halides is 3. The summed E-state index contributed by atoms with van der Waals surface area (Å²) in [7, 11) is 0. The fraction of sp³-hybridized carbons (Fsp3) is 0.158. The number of carbonyl (C=O) groups is 1. The maximum absolute atomic E-state index is 12.8. The van der Waals surface area contributed by atoms with Crippen molar-refractivity contribution in [3.63, 3.8) is 0 Å². The zero-order valence-corrected chi connectivity index (χ0v) is 14.4. The van der Waals surface area contributed by atoms with E-state index in [-0.39, 0.29) is 12.4 Å². The van der Waals surface area contributed by atoms with Crippen molar-refractivity contribution >= 4 is 17.6 Å². The van der Waals surface area contributed by atoms with Gasteiger partial charge in [0.05, 0.1) is 6.42 Å². The number of aromatic nitrogens is 3. The van der Waals surface area contributed by atoms with Gasteiger partial charge in [-0.3, -0.25) is 9.78 Å². The van der Waals surface area contributed by atoms with Crippen molar-refractivity contribution in [3.05, 3.63) is 66.2 Å². The molecule has 0 saturated heterocycles. The van der Waals surface area contributed by atoms with E-state index in [1.807, 2.05) is 6.07 Å². The van der Waals surface area contributed by atoms with E-state index in [4.69, 9.17) is 5.11 Å². The number of aryl methyl sites for hydroxylation is 1. The molecule has 0 amide bonds. The minimum absolute atomic E-state index is 0.0229. The summed E-state index contributed by atoms with van der Waals surface area (Å²) in [6.07, 6.45) is -1.64. The summed E-state index contributed by atoms with van der Waals surface area (Å²) in [5, 5.41) is 11.6. The molecule has 3 aromatic rings. The molecule has 0 bridgehead atoms. The van der Waals surface area contributed by atoms with Crippen LogP contribution in [0.25, 0.3) is 11.1 Å². The van der Waals surface area contributed by atoms with Crippen LogP contribution in [0.1, 0.15) is 17.8 Å². The lowest BCUT2D eigenvalue weighted by atomic mass is 10.0. The molecule has 28 heavy (non-hydrogen) atoms. The zero-order valence-electron chi connectivity index (χ0n) is 14.4. The monoisotopic (exact) mass is 388 g/mol. The average molecular weight is 388 g/mol. The highest BCUT2D eigenvalue weighted by Gasteiger charge is 2.32. The van der Waals surface area contributed by atoms with Gasteiger partial charge in [-0.25, -0.2) is 9.97 Å². The van der Waals surface area contributed by atoms with Gasteiger partial charge < -0.3 is 10.4 Å². The molecule has 0 aliphatic carbocycles. The quantitative estimate of drug-likeness (QED) is 0.654. The minimum atomic E-state index is -4.55. The van der Waals surface area contributed by atoms with Crippen molar-refractivity contribution in [1.29, 1.82) is 0 Å². The SMILES string of the molecule is O=C(O)CCc1cc(-c2cccc(Nc3nccc(C(F)(F)F)n3)c2)ccn1. The topological polar surface area (TPSA) is 88.0 Å². The molecule has 0 atom stereocenters. The van der Waals surface area contributed by atoms with Crippen molar-refractivity contribution in [2.24, 2.45) is 0 Å². The molecule has 6 nitrogen and oxygen atoms in total. The number of anilines is 2. The lowest BCUT2D eigenvalue weighted by Gasteiger charge is -2.10. The number of halogens is 3. The van der Waals surface area contributed by atoms with E-state index < -0.39 is 17.8 Å². The van der Waals surface area contributed by atoms with Gasteiger partial charge in [-0.1, -0.05) is 12.1 Å². The van der Waals surface area contributed by atoms with Crippen molar-refractivity contribution in [3.8, 4) is 11.1 Å². The van der Waals surface area contributed by atoms with Crippen LogP contribution < -0.4 is 5.32 Å². The van der Waals surface area contributed by atoms with Crippen molar-refractivity contribution < 1.29 is 23.1 Å². The molecule has 2 heterocycles. The minimum Gasteiger partial charge on any atom is -0.481 e. The molecule has 9 heteroatoms. The number of hydrogen-bond donors (Lipinski definition) is 2. The van der Waals surface area contributed by atoms with E-state index in [9.17, 15) is 18.0 Å². The first-order valence-corrected chi connectivity index (χ1v) is 8.26. The lowest BCUT2D eigenvalue weighted by Crippen LogP contribution is -2.10. The molecule has 0 unspecified atom stereocenters. The zero-order chi connectivity index (χ0) is 20.1. The Morgan fingerprint density at radius 1 is 1.04 bits per heavy atom. The number of rotatable bonds is 6. The summed E-state index contributed by atoms with van der Waals surface area (Å²) in [5.41, 5.74) is 1.72. The molecule has 0 saturated carbocycles. The Bertz CT molecular complexity index is 993. The van der Waals surface area contributed by atoms with Crippen LogP contribution >= 0.6 is 0 Å². The number of nitrogens with zero attached hydrogens (tertiary/aromatic N) is 3. The number of aliphatic carboxylic acids is 1. The number of carboxylic acid groups (broad SMARTS) is 1. The molecular weight excluding hydrogens is 373 g/mol. The van der Waals surface area contributed by atoms with Gasteiger partial charge in [0.25, 0.3) is 0 Å². The van der Waals surface area contributed by atoms with Crippen molar-refractivity contribution in [2.75, 3.05) is 5.32 Å². The summed E-state index contributed by atoms with van der Waals surface area (Å²) in [5.74, 6) is -1.07. The Morgan fingerprint density at radius 3 is 2.54 bits per heavy atom. The van der Waals surface area contributed by atoms with Gasteiger partial charge in [-0.05, 0) is 41.5 Å². The normalized spacial score (nSPS) is 11.2. The molecule has 0 aliphatic rings. The second-order valence-corrected chi connectivity index (χ2v) is 5.90. The van der Waals surface area contributed by atoms with E-state index in [0.717, 1.165) is 23.4 Å². The first kappa shape index (κ1) is 19.3. The number of pyridine rings is 1. The van der Waals surface area contributed by atoms with Gasteiger partial charge in [0.2, 0.25) is 5.95 Å². The summed E-state index contributed by atoms with van der Waals surface area (Å²) in [4.78, 5) is 22.2. The Kier molecular flexibility index (Phi) is 5.53. The van der Waals surface area contributed by atoms with Crippen LogP contribution in [0.3, 0.4) is 0 Å². The Morgan fingerprint density at radius 2 is 1.79 bits per heavy atom. The van der Waals surface area contributed by atoms with Gasteiger partial charge in [0.15, 0.2) is 0 Å². The van der Waals surface area contributed by atoms with E-state index in [1.54, 1.807) is 36.5 Å². The van der Waals surface area contributed by atoms with Crippen LogP contribution in [-0.2, 0) is 17.4 Å². The summed E-state index contributed by atoms with van der Waals surface area (Å²) < 4.78 is 38.3. The number of hydrogen-bond acceptors (Lipinski definition) is 5. The molecule has 0 fully saturated rings. The largest absolute Gasteiger partial charge is 0.481 e. The molecule has 0 aliphatic heterocycles. The summed E-state index contributed by atoms with van der Waals surface area (Å²) in [6.45, 7) is 0. The molecular formula is C19H15F3N4O2. The standard InChI is InChI=1S/C19H15F3N4O2/c20-19(21,22)16-7-9-24-18(26-16)25-15-3-1-2-12(11-15)13-6-8-23-14(10-13)4-5-17(27)28/h1-3,6-11H,4-5H2,(H,27,28)(H,24,25,26). The summed E-state index contributed by atoms with van der Waals surface area (Å²) >= 11 is 0. The van der Waals surface area contributed by atoms with E-state index in [2.05, 4.69) is 20.3 Å². The van der Waals surface area contributed by atoms with Gasteiger partial charge in [0.1, 0.15) is 5.69 Å². The number of carboxylic acids is 1. The molecule has 0 spiro atoms. The van der Waals surface area contributed by atoms with Crippen LogP contribution in [0.5, 0.6) is 0 Å². The Labute approximate surface area is 158 Å². The number of benzene rings is 1. The number of nitrogens with one attached hydrogen (secondary N) is 1. The molecule has 3 rings (SSSR count). The molecule has 0 radical (unpaired) electrons. The molecule has 2 N–H and O–H groups in total. The highest BCUT2D eigenvalue weighted by atomic mass is 19.4. The molecule has 2 aromatic heterocycles. The van der Waals surface area contributed by atoms with E-state index in [0.29, 0.717) is 17.8 Å². The van der Waals surface area contributed by atoms with Gasteiger partial charge in [-0.2, -0.15) is 13.2 Å². The third-order valence-electron chi connectivity index (χ3n) is 3.81. The van der Waals surface area contributed by atoms with Crippen LogP contribution in [0.15, 0.2) is 54.9 Å². The fourth-order valence-corrected chi connectivity index (χ4v) is 2.51. The highest BCUT2D eigenvalue weighted by Crippen LogP contribution is 2.29. The second-order valence-electron chi connectivity index (χ2n) is 5.90. The van der Waals surface area contributed by atoms with Gasteiger partial charge in [-0.15, -0.1) is 0 Å². The van der Waals surface area contributed by atoms with E-state index >= 15 is 0 Å². The fourth-order valence-electron chi connectivity index (χ4n) is 2.51. The van der Waals surface area contributed by atoms with Crippen molar-refractivity contribution in [1.82, 2.24) is 15.0 Å². The lowest BCUT2D eigenvalue weighted by molar-refractivity contribution is -0.141. The van der Waals surface area contributed by atoms with Crippen LogP contribution in [0, 0.1) is 0 Å². The van der Waals surface area contributed by atoms with Crippen molar-refractivity contribution in [2.45, 2.75) is 19.0 Å². The predicted molar refractivity (Wildman–Crippen MR) is 95.9 cm³/mol. The maximum Gasteiger partial charge on any atom is 0.433 e. The molecule has 1 aromatic carbocycles. The van der Waals surface area contributed by atoms with Crippen LogP contribution in [0.4, 0.5) is 24.8 Å². The first-order valence-electron chi connectivity index (χ1n) is 8.26. The van der Waals surface area contributed by atoms with Crippen LogP contribution in [-0.4, -0.2) is 26.0 Å². The third kappa shape index (κ3) is 5.03. The smallest absolute Gasteiger partial charge is 0.433 e. The Balaban J connectivity index is 1.81. The van der Waals surface area contributed by atoms with Gasteiger partial charge in [0, 0.05) is 30.2 Å². The average Bonchev–Trinajstić information content (AvgIpc) is 2.66. The predicted octanol–water partition coefficient (Wildman–Crippen LogP) is 4.32. The molecule has 144 valence electrons. The van der Waals surface area contributed by atoms with Crippen LogP contribution in [0.2, 0.25) is 0 Å². The summed E-state index contributed by atoms with van der Waals surface area (Å²) in [6, 6.07) is 11.3. The van der Waals surface area contributed by atoms with E-state index in [1.165, 1.54) is 0 Å². The van der Waals surface area contributed by atoms with Gasteiger partial charge >= 0.3 is 12.1 Å². The first-order chi connectivity index (χ1) is 13.3. The Hall–Kier alpha value is -3.49. The second kappa shape index (κ2) is 8.03. The maximum atomic E-state index is 12.8. The third-order valence-corrected chi connectivity index (χ3v) is 3.81. The highest BCUT2D eigenvalue weighted by molar-refractivity contribution is 5.70.